The van der Waals surface area contributed by atoms with Crippen LogP contribution in [0, 0.1) is 5.82 Å². The van der Waals surface area contributed by atoms with Crippen LogP contribution in [0.3, 0.4) is 0 Å². The number of nitrogens with one attached hydrogen (secondary N) is 1. The van der Waals surface area contributed by atoms with Gasteiger partial charge in [-0.25, -0.2) is 14.1 Å². The molecule has 4 rings (SSSR count). The summed E-state index contributed by atoms with van der Waals surface area (Å²) in [5.74, 6) is -0.243. The number of anilines is 2. The molecule has 1 fully saturated rings. The van der Waals surface area contributed by atoms with Crippen molar-refractivity contribution in [1.29, 1.82) is 0 Å². The predicted octanol–water partition coefficient (Wildman–Crippen LogP) is 4.21. The Bertz CT molecular complexity index is 1230. The Morgan fingerprint density at radius 2 is 1.63 bits per heavy atom. The highest BCUT2D eigenvalue weighted by Gasteiger charge is 2.46. The van der Waals surface area contributed by atoms with E-state index in [-0.39, 0.29) is 18.7 Å². The number of hydrogen-bond donors (Lipinski definition) is 1. The third kappa shape index (κ3) is 5.24. The van der Waals surface area contributed by atoms with E-state index in [9.17, 15) is 18.8 Å². The molecule has 1 N–H and O–H groups in total. The summed E-state index contributed by atoms with van der Waals surface area (Å²) >= 11 is 0. The zero-order valence-electron chi connectivity index (χ0n) is 19.2. The van der Waals surface area contributed by atoms with Gasteiger partial charge in [-0.1, -0.05) is 12.1 Å². The van der Waals surface area contributed by atoms with Gasteiger partial charge in [0.25, 0.3) is 5.91 Å². The smallest absolute Gasteiger partial charge is 0.332 e. The fourth-order valence-corrected chi connectivity index (χ4v) is 3.87. The van der Waals surface area contributed by atoms with E-state index >= 15 is 0 Å². The maximum atomic E-state index is 13.4. The second-order valence-electron chi connectivity index (χ2n) is 7.91. The van der Waals surface area contributed by atoms with Gasteiger partial charge in [0.05, 0.1) is 26.3 Å². The molecule has 0 aliphatic carbocycles. The first-order chi connectivity index (χ1) is 16.9. The highest BCUT2D eigenvalue weighted by Crippen LogP contribution is 2.29. The van der Waals surface area contributed by atoms with Crippen molar-refractivity contribution in [1.82, 2.24) is 4.90 Å². The van der Waals surface area contributed by atoms with Crippen LogP contribution in [0.4, 0.5) is 20.6 Å². The van der Waals surface area contributed by atoms with Crippen LogP contribution >= 0.6 is 0 Å². The van der Waals surface area contributed by atoms with Crippen LogP contribution in [0.1, 0.15) is 12.0 Å². The van der Waals surface area contributed by atoms with E-state index in [1.165, 1.54) is 36.3 Å². The van der Waals surface area contributed by atoms with Gasteiger partial charge < -0.3 is 19.7 Å². The molecule has 3 aromatic rings. The lowest BCUT2D eigenvalue weighted by molar-refractivity contribution is -0.124. The molecule has 0 bridgehead atoms. The molecule has 1 heterocycles. The standard InChI is InChI=1S/C26H24FN3O5/c1-34-21-12-8-19(9-13-21)28-24(31)15-23-25(32)30(20-10-6-18(27)7-11-20)26(33)29(23)16-17-4-3-5-22(14-17)35-2/h3-14,23H,15-16H2,1-2H3,(H,28,31). The van der Waals surface area contributed by atoms with Crippen molar-refractivity contribution in [2.45, 2.75) is 19.0 Å². The largest absolute Gasteiger partial charge is 0.497 e. The molecular weight excluding hydrogens is 453 g/mol. The minimum Gasteiger partial charge on any atom is -0.497 e. The van der Waals surface area contributed by atoms with Gasteiger partial charge in [-0.3, -0.25) is 9.59 Å². The SMILES string of the molecule is COc1ccc(NC(=O)CC2C(=O)N(c3ccc(F)cc3)C(=O)N2Cc2cccc(OC)c2)cc1. The quantitative estimate of drug-likeness (QED) is 0.491. The van der Waals surface area contributed by atoms with Crippen LogP contribution in [0.15, 0.2) is 72.8 Å². The average Bonchev–Trinajstić information content (AvgIpc) is 3.09. The Kier molecular flexibility index (Phi) is 6.96. The van der Waals surface area contributed by atoms with Crippen LogP contribution in [0.25, 0.3) is 0 Å². The zero-order chi connectivity index (χ0) is 24.9. The van der Waals surface area contributed by atoms with E-state index in [4.69, 9.17) is 9.47 Å². The molecule has 180 valence electrons. The lowest BCUT2D eigenvalue weighted by atomic mass is 10.1. The molecule has 1 aliphatic rings. The number of methoxy groups -OCH3 is 2. The molecule has 0 radical (unpaired) electrons. The van der Waals surface area contributed by atoms with Crippen molar-refractivity contribution >= 4 is 29.2 Å². The van der Waals surface area contributed by atoms with Gasteiger partial charge in [-0.15, -0.1) is 0 Å². The monoisotopic (exact) mass is 477 g/mol. The van der Waals surface area contributed by atoms with E-state index in [2.05, 4.69) is 5.32 Å². The lowest BCUT2D eigenvalue weighted by Gasteiger charge is -2.22. The second kappa shape index (κ2) is 10.3. The summed E-state index contributed by atoms with van der Waals surface area (Å²) in [6, 6.07) is 17.3. The van der Waals surface area contributed by atoms with E-state index < -0.39 is 29.7 Å². The highest BCUT2D eigenvalue weighted by molar-refractivity contribution is 6.22. The Hall–Kier alpha value is -4.40. The fourth-order valence-electron chi connectivity index (χ4n) is 3.87. The molecule has 3 aromatic carbocycles. The average molecular weight is 477 g/mol. The Balaban J connectivity index is 1.59. The van der Waals surface area contributed by atoms with Crippen LogP contribution in [0.5, 0.6) is 11.5 Å². The van der Waals surface area contributed by atoms with Gasteiger partial charge in [-0.05, 0) is 66.2 Å². The summed E-state index contributed by atoms with van der Waals surface area (Å²) in [6.07, 6.45) is -0.252. The summed E-state index contributed by atoms with van der Waals surface area (Å²) in [4.78, 5) is 41.8. The predicted molar refractivity (Wildman–Crippen MR) is 128 cm³/mol. The second-order valence-corrected chi connectivity index (χ2v) is 7.91. The van der Waals surface area contributed by atoms with Crippen molar-refractivity contribution in [2.24, 2.45) is 0 Å². The van der Waals surface area contributed by atoms with Crippen LogP contribution in [-0.4, -0.2) is 43.0 Å². The zero-order valence-corrected chi connectivity index (χ0v) is 19.2. The molecule has 1 aliphatic heterocycles. The molecule has 35 heavy (non-hydrogen) atoms. The van der Waals surface area contributed by atoms with Gasteiger partial charge in [0.15, 0.2) is 0 Å². The molecule has 1 saturated heterocycles. The number of urea groups is 1. The number of imide groups is 1. The Morgan fingerprint density at radius 3 is 2.29 bits per heavy atom. The van der Waals surface area contributed by atoms with Gasteiger partial charge in [0.2, 0.25) is 5.91 Å². The van der Waals surface area contributed by atoms with Gasteiger partial charge >= 0.3 is 6.03 Å². The molecule has 9 heteroatoms. The van der Waals surface area contributed by atoms with E-state index in [0.29, 0.717) is 17.2 Å². The van der Waals surface area contributed by atoms with Gasteiger partial charge in [0, 0.05) is 12.2 Å². The van der Waals surface area contributed by atoms with E-state index in [1.54, 1.807) is 55.6 Å². The van der Waals surface area contributed by atoms with Crippen LogP contribution in [0.2, 0.25) is 0 Å². The first kappa shape index (κ1) is 23.7. The van der Waals surface area contributed by atoms with Crippen molar-refractivity contribution in [3.63, 3.8) is 0 Å². The highest BCUT2D eigenvalue weighted by atomic mass is 19.1. The number of hydrogen-bond acceptors (Lipinski definition) is 5. The van der Waals surface area contributed by atoms with Crippen molar-refractivity contribution in [2.75, 3.05) is 24.4 Å². The van der Waals surface area contributed by atoms with Gasteiger partial charge in [0.1, 0.15) is 23.4 Å². The van der Waals surface area contributed by atoms with Crippen LogP contribution in [-0.2, 0) is 16.1 Å². The summed E-state index contributed by atoms with van der Waals surface area (Å²) in [5.41, 5.74) is 1.49. The minimum atomic E-state index is -1.04. The van der Waals surface area contributed by atoms with Crippen LogP contribution < -0.4 is 19.7 Å². The summed E-state index contributed by atoms with van der Waals surface area (Å²) in [7, 11) is 3.08. The first-order valence-electron chi connectivity index (χ1n) is 10.9. The molecule has 4 amide bonds. The molecule has 0 aromatic heterocycles. The third-order valence-electron chi connectivity index (χ3n) is 5.64. The Labute approximate surface area is 201 Å². The summed E-state index contributed by atoms with van der Waals surface area (Å²) < 4.78 is 23.8. The maximum absolute atomic E-state index is 13.4. The number of ether oxygens (including phenoxy) is 2. The molecule has 0 saturated carbocycles. The van der Waals surface area contributed by atoms with Crippen molar-refractivity contribution < 1.29 is 28.2 Å². The number of carbonyl (C=O) groups is 3. The van der Waals surface area contributed by atoms with Gasteiger partial charge in [-0.2, -0.15) is 0 Å². The number of amides is 4. The molecule has 8 nitrogen and oxygen atoms in total. The number of carbonyl (C=O) groups excluding carboxylic acids is 3. The van der Waals surface area contributed by atoms with E-state index in [0.717, 1.165) is 10.5 Å². The maximum Gasteiger partial charge on any atom is 0.332 e. The first-order valence-corrected chi connectivity index (χ1v) is 10.9. The third-order valence-corrected chi connectivity index (χ3v) is 5.64. The fraction of sp³-hybridized carbons (Fsp3) is 0.192. The molecule has 1 unspecified atom stereocenters. The Morgan fingerprint density at radius 1 is 0.943 bits per heavy atom. The van der Waals surface area contributed by atoms with E-state index in [1.807, 2.05) is 0 Å². The minimum absolute atomic E-state index is 0.0833. The normalized spacial score (nSPS) is 15.3. The lowest BCUT2D eigenvalue weighted by Crippen LogP contribution is -2.37. The number of halogens is 1. The molecule has 1 atom stereocenters. The molecular formula is C26H24FN3O5. The number of nitrogens with zero attached hydrogens (tertiary/aromatic N) is 2. The topological polar surface area (TPSA) is 88.2 Å². The number of benzene rings is 3. The van der Waals surface area contributed by atoms with Crippen molar-refractivity contribution in [3.05, 3.63) is 84.2 Å². The summed E-state index contributed by atoms with van der Waals surface area (Å²) in [5, 5.41) is 2.75. The molecule has 0 spiro atoms. The summed E-state index contributed by atoms with van der Waals surface area (Å²) in [6.45, 7) is 0.0833. The van der Waals surface area contributed by atoms with Crippen molar-refractivity contribution in [3.8, 4) is 11.5 Å². The number of rotatable bonds is 8.